The van der Waals surface area contributed by atoms with Gasteiger partial charge in [0.05, 0.1) is 14.2 Å². The molecule has 0 spiro atoms. The Labute approximate surface area is 81.8 Å². The lowest BCUT2D eigenvalue weighted by atomic mass is 10.7. The number of hydrogen-bond donors (Lipinski definition) is 2. The summed E-state index contributed by atoms with van der Waals surface area (Å²) in [5.74, 6) is 0.745. The van der Waals surface area contributed by atoms with Crippen molar-refractivity contribution < 1.29 is 9.57 Å². The number of rotatable bonds is 5. The minimum absolute atomic E-state index is 0.232. The Kier molecular flexibility index (Phi) is 3.86. The number of anilines is 2. The summed E-state index contributed by atoms with van der Waals surface area (Å²) in [5, 5.41) is 2.94. The maximum Gasteiger partial charge on any atom is 0.322 e. The van der Waals surface area contributed by atoms with Crippen molar-refractivity contribution in [1.82, 2.24) is 15.0 Å². The fourth-order valence-electron chi connectivity index (χ4n) is 0.822. The molecule has 1 heterocycles. The second-order valence-electron chi connectivity index (χ2n) is 2.31. The van der Waals surface area contributed by atoms with Crippen molar-refractivity contribution in [2.24, 2.45) is 0 Å². The normalized spacial score (nSPS) is 9.64. The summed E-state index contributed by atoms with van der Waals surface area (Å²) >= 11 is 0. The van der Waals surface area contributed by atoms with Crippen molar-refractivity contribution in [2.75, 3.05) is 31.6 Å². The van der Waals surface area contributed by atoms with Crippen LogP contribution in [0.5, 0.6) is 6.01 Å². The van der Waals surface area contributed by atoms with E-state index in [0.29, 0.717) is 11.9 Å². The Morgan fingerprint density at radius 1 is 1.14 bits per heavy atom. The van der Waals surface area contributed by atoms with Crippen LogP contribution in [-0.2, 0) is 4.84 Å². The van der Waals surface area contributed by atoms with Crippen LogP contribution in [0, 0.1) is 0 Å². The average Bonchev–Trinajstić information content (AvgIpc) is 2.18. The predicted octanol–water partition coefficient (Wildman–Crippen LogP) is 0.285. The summed E-state index contributed by atoms with van der Waals surface area (Å²) in [6.07, 6.45) is 0. The largest absolute Gasteiger partial charge is 0.467 e. The monoisotopic (exact) mass is 199 g/mol. The van der Waals surface area contributed by atoms with E-state index < -0.39 is 0 Å². The lowest BCUT2D eigenvalue weighted by Crippen LogP contribution is -2.09. The molecule has 0 saturated heterocycles. The zero-order valence-corrected chi connectivity index (χ0v) is 8.37. The summed E-state index contributed by atoms with van der Waals surface area (Å²) in [7, 11) is 2.96. The van der Waals surface area contributed by atoms with Gasteiger partial charge in [-0.1, -0.05) is 0 Å². The van der Waals surface area contributed by atoms with E-state index in [1.165, 1.54) is 14.2 Å². The van der Waals surface area contributed by atoms with Crippen LogP contribution in [0.3, 0.4) is 0 Å². The number of ether oxygens (including phenoxy) is 1. The van der Waals surface area contributed by atoms with Gasteiger partial charge in [-0.2, -0.15) is 15.0 Å². The van der Waals surface area contributed by atoms with E-state index in [4.69, 9.17) is 4.74 Å². The van der Waals surface area contributed by atoms with Gasteiger partial charge in [-0.25, -0.2) is 5.48 Å². The summed E-state index contributed by atoms with van der Waals surface area (Å²) in [6, 6.07) is 0.232. The lowest BCUT2D eigenvalue weighted by molar-refractivity contribution is 0.265. The molecule has 1 aromatic heterocycles. The van der Waals surface area contributed by atoms with Crippen LogP contribution in [0.4, 0.5) is 11.9 Å². The van der Waals surface area contributed by atoms with E-state index in [-0.39, 0.29) is 6.01 Å². The standard InChI is InChI=1S/C7H13N5O2/c1-4-8-5-9-6(12-14-3)11-7(10-5)13-2/h4H2,1-3H3,(H2,8,9,10,11,12). The zero-order valence-electron chi connectivity index (χ0n) is 8.37. The van der Waals surface area contributed by atoms with Crippen LogP contribution >= 0.6 is 0 Å². The smallest absolute Gasteiger partial charge is 0.322 e. The molecule has 0 bridgehead atoms. The molecule has 0 saturated carbocycles. The molecule has 0 aliphatic heterocycles. The fourth-order valence-corrected chi connectivity index (χ4v) is 0.822. The average molecular weight is 199 g/mol. The number of nitrogens with one attached hydrogen (secondary N) is 2. The van der Waals surface area contributed by atoms with Crippen molar-refractivity contribution in [3.05, 3.63) is 0 Å². The third-order valence-electron chi connectivity index (χ3n) is 1.33. The molecule has 0 atom stereocenters. The molecular formula is C7H13N5O2. The minimum Gasteiger partial charge on any atom is -0.467 e. The van der Waals surface area contributed by atoms with E-state index in [1.54, 1.807) is 0 Å². The van der Waals surface area contributed by atoms with Crippen molar-refractivity contribution in [1.29, 1.82) is 0 Å². The molecule has 0 aliphatic carbocycles. The molecule has 7 nitrogen and oxygen atoms in total. The summed E-state index contributed by atoms with van der Waals surface area (Å²) in [4.78, 5) is 16.6. The number of aromatic nitrogens is 3. The molecule has 0 aromatic carbocycles. The Morgan fingerprint density at radius 3 is 2.43 bits per heavy atom. The van der Waals surface area contributed by atoms with Gasteiger partial charge in [-0.05, 0) is 6.92 Å². The van der Waals surface area contributed by atoms with Crippen LogP contribution in [0.25, 0.3) is 0 Å². The van der Waals surface area contributed by atoms with Crippen molar-refractivity contribution >= 4 is 11.9 Å². The molecule has 1 rings (SSSR count). The van der Waals surface area contributed by atoms with E-state index in [2.05, 4.69) is 30.6 Å². The fraction of sp³-hybridized carbons (Fsp3) is 0.571. The van der Waals surface area contributed by atoms with E-state index in [1.807, 2.05) is 6.92 Å². The molecule has 7 heteroatoms. The zero-order chi connectivity index (χ0) is 10.4. The molecule has 1 aromatic rings. The first kappa shape index (κ1) is 10.5. The van der Waals surface area contributed by atoms with Crippen molar-refractivity contribution in [2.45, 2.75) is 6.92 Å². The van der Waals surface area contributed by atoms with Crippen molar-refractivity contribution in [3.8, 4) is 6.01 Å². The molecule has 78 valence electrons. The van der Waals surface area contributed by atoms with Gasteiger partial charge >= 0.3 is 6.01 Å². The first-order valence-electron chi connectivity index (χ1n) is 4.13. The van der Waals surface area contributed by atoms with E-state index in [0.717, 1.165) is 6.54 Å². The van der Waals surface area contributed by atoms with Gasteiger partial charge in [0.2, 0.25) is 5.95 Å². The molecule has 0 unspecified atom stereocenters. The SMILES string of the molecule is CCNc1nc(NOC)nc(OC)n1. The van der Waals surface area contributed by atoms with Gasteiger partial charge in [0.15, 0.2) is 0 Å². The lowest BCUT2D eigenvalue weighted by Gasteiger charge is -2.06. The highest BCUT2D eigenvalue weighted by molar-refractivity contribution is 5.34. The highest BCUT2D eigenvalue weighted by Gasteiger charge is 2.04. The molecule has 0 amide bonds. The molecule has 0 aliphatic rings. The maximum absolute atomic E-state index is 4.89. The van der Waals surface area contributed by atoms with Gasteiger partial charge < -0.3 is 10.1 Å². The van der Waals surface area contributed by atoms with Gasteiger partial charge in [-0.15, -0.1) is 0 Å². The Morgan fingerprint density at radius 2 is 1.86 bits per heavy atom. The predicted molar refractivity (Wildman–Crippen MR) is 51.2 cm³/mol. The minimum atomic E-state index is 0.232. The maximum atomic E-state index is 4.89. The summed E-state index contributed by atoms with van der Waals surface area (Å²) in [6.45, 7) is 2.67. The molecule has 14 heavy (non-hydrogen) atoms. The van der Waals surface area contributed by atoms with Crippen molar-refractivity contribution in [3.63, 3.8) is 0 Å². The van der Waals surface area contributed by atoms with Gasteiger partial charge in [0, 0.05) is 6.54 Å². The van der Waals surface area contributed by atoms with Crippen LogP contribution in [0.2, 0.25) is 0 Å². The third-order valence-corrected chi connectivity index (χ3v) is 1.33. The Hall–Kier alpha value is -1.63. The Bertz CT molecular complexity index is 269. The molecular weight excluding hydrogens is 186 g/mol. The quantitative estimate of drug-likeness (QED) is 0.659. The molecule has 2 N–H and O–H groups in total. The van der Waals surface area contributed by atoms with Crippen LogP contribution in [-0.4, -0.2) is 35.7 Å². The second kappa shape index (κ2) is 5.18. The number of hydrogen-bond acceptors (Lipinski definition) is 7. The first-order valence-corrected chi connectivity index (χ1v) is 4.13. The second-order valence-corrected chi connectivity index (χ2v) is 2.31. The van der Waals surface area contributed by atoms with E-state index in [9.17, 15) is 0 Å². The van der Waals surface area contributed by atoms with Crippen LogP contribution < -0.4 is 15.5 Å². The van der Waals surface area contributed by atoms with Gasteiger partial charge in [0.1, 0.15) is 0 Å². The number of nitrogens with zero attached hydrogens (tertiary/aromatic N) is 3. The molecule has 0 radical (unpaired) electrons. The highest BCUT2D eigenvalue weighted by Crippen LogP contribution is 2.09. The van der Waals surface area contributed by atoms with Crippen LogP contribution in [0.15, 0.2) is 0 Å². The topological polar surface area (TPSA) is 81.2 Å². The van der Waals surface area contributed by atoms with Gasteiger partial charge in [-0.3, -0.25) is 4.84 Å². The highest BCUT2D eigenvalue weighted by atomic mass is 16.6. The third kappa shape index (κ3) is 2.70. The summed E-state index contributed by atoms with van der Waals surface area (Å²) < 4.78 is 4.89. The Balaban J connectivity index is 2.88. The van der Waals surface area contributed by atoms with Crippen LogP contribution in [0.1, 0.15) is 6.92 Å². The number of methoxy groups -OCH3 is 1. The van der Waals surface area contributed by atoms with Gasteiger partial charge in [0.25, 0.3) is 5.95 Å². The van der Waals surface area contributed by atoms with E-state index >= 15 is 0 Å². The molecule has 0 fully saturated rings. The summed E-state index contributed by atoms with van der Waals surface area (Å²) in [5.41, 5.74) is 2.50. The first-order chi connectivity index (χ1) is 6.80.